The number of nitrogens with one attached hydrogen (secondary N) is 1. The first-order valence-electron chi connectivity index (χ1n) is 11.6. The summed E-state index contributed by atoms with van der Waals surface area (Å²) in [6, 6.07) is 1.24. The largest absolute Gasteiger partial charge is 0.323 e. The van der Waals surface area contributed by atoms with Gasteiger partial charge in [0.05, 0.1) is 24.9 Å². The summed E-state index contributed by atoms with van der Waals surface area (Å²) in [7, 11) is -3.57. The summed E-state index contributed by atoms with van der Waals surface area (Å²) >= 11 is 0. The van der Waals surface area contributed by atoms with Gasteiger partial charge in [0.25, 0.3) is 0 Å². The quantitative estimate of drug-likeness (QED) is 0.628. The second-order valence-electron chi connectivity index (χ2n) is 10.5. The molecule has 2 saturated heterocycles. The molecule has 0 aromatic rings. The summed E-state index contributed by atoms with van der Waals surface area (Å²) in [5.74, 6) is -0.0240. The first-order valence-corrected chi connectivity index (χ1v) is 13.2. The smallest absolute Gasteiger partial charge is 0.237 e. The maximum Gasteiger partial charge on any atom is 0.237 e. The molecule has 4 atom stereocenters. The molecule has 4 rings (SSSR count). The van der Waals surface area contributed by atoms with Crippen LogP contribution in [0, 0.1) is 28.1 Å². The first-order chi connectivity index (χ1) is 15.0. The first kappa shape index (κ1) is 23.6. The third-order valence-electron chi connectivity index (χ3n) is 8.68. The van der Waals surface area contributed by atoms with Gasteiger partial charge in [-0.05, 0) is 37.0 Å². The lowest BCUT2D eigenvalue weighted by Crippen LogP contribution is -2.51. The number of carbonyl (C=O) groups excluding carboxylic acids is 2. The van der Waals surface area contributed by atoms with Crippen LogP contribution in [0.15, 0.2) is 0 Å². The molecule has 4 aliphatic rings. The number of sulfonamides is 1. The highest BCUT2D eigenvalue weighted by Gasteiger charge is 2.65. The second kappa shape index (κ2) is 8.33. The van der Waals surface area contributed by atoms with Crippen LogP contribution in [0.5, 0.6) is 0 Å². The summed E-state index contributed by atoms with van der Waals surface area (Å²) in [4.78, 5) is 26.4. The van der Waals surface area contributed by atoms with E-state index in [2.05, 4.69) is 5.32 Å². The highest BCUT2D eigenvalue weighted by molar-refractivity contribution is 7.89. The van der Waals surface area contributed by atoms with Crippen LogP contribution in [0.2, 0.25) is 0 Å². The summed E-state index contributed by atoms with van der Waals surface area (Å²) in [6.45, 7) is 4.74. The topological polar surface area (TPSA) is 111 Å². The molecule has 10 heteroatoms. The molecule has 178 valence electrons. The second-order valence-corrected chi connectivity index (χ2v) is 12.5. The molecule has 0 aromatic carbocycles. The monoisotopic (exact) mass is 468 g/mol. The normalized spacial score (nSPS) is 35.4. The SMILES string of the molecule is CC1(C)C2CCC1(CS(=O)(=O)N1CCC(NCC(=O)N3CC(F)CC3C#N)CC1)C(=O)C2. The maximum atomic E-state index is 13.5. The van der Waals surface area contributed by atoms with Gasteiger partial charge in [-0.15, -0.1) is 0 Å². The van der Waals surface area contributed by atoms with Crippen molar-refractivity contribution in [3.05, 3.63) is 0 Å². The maximum absolute atomic E-state index is 13.5. The fraction of sp³-hybridized carbons (Fsp3) is 0.864. The van der Waals surface area contributed by atoms with Gasteiger partial charge in [-0.2, -0.15) is 5.26 Å². The molecule has 32 heavy (non-hydrogen) atoms. The summed E-state index contributed by atoms with van der Waals surface area (Å²) < 4.78 is 41.5. The van der Waals surface area contributed by atoms with E-state index < -0.39 is 27.7 Å². The van der Waals surface area contributed by atoms with E-state index in [1.54, 1.807) is 0 Å². The van der Waals surface area contributed by atoms with E-state index in [1.165, 1.54) is 9.21 Å². The van der Waals surface area contributed by atoms with Crippen LogP contribution in [0.4, 0.5) is 4.39 Å². The molecule has 4 fully saturated rings. The van der Waals surface area contributed by atoms with Crippen LogP contribution in [0.1, 0.15) is 52.4 Å². The van der Waals surface area contributed by atoms with E-state index in [0.717, 1.165) is 6.42 Å². The molecule has 1 amide bonds. The van der Waals surface area contributed by atoms with Crippen LogP contribution in [-0.4, -0.2) is 79.5 Å². The minimum absolute atomic E-state index is 0.00943. The van der Waals surface area contributed by atoms with Gasteiger partial charge in [0, 0.05) is 37.4 Å². The van der Waals surface area contributed by atoms with E-state index in [4.69, 9.17) is 5.26 Å². The number of Topliss-reactive ketones (excluding diaryl/α,β-unsaturated/α-hetero) is 1. The third kappa shape index (κ3) is 3.86. The zero-order valence-corrected chi connectivity index (χ0v) is 19.7. The Balaban J connectivity index is 1.30. The molecule has 8 nitrogen and oxygen atoms in total. The summed E-state index contributed by atoms with van der Waals surface area (Å²) in [5, 5.41) is 12.3. The number of amides is 1. The molecule has 4 unspecified atom stereocenters. The number of rotatable bonds is 6. The third-order valence-corrected chi connectivity index (χ3v) is 10.7. The van der Waals surface area contributed by atoms with Crippen molar-refractivity contribution in [2.75, 3.05) is 31.9 Å². The van der Waals surface area contributed by atoms with Crippen LogP contribution in [0.3, 0.4) is 0 Å². The van der Waals surface area contributed by atoms with Crippen molar-refractivity contribution >= 4 is 21.7 Å². The average molecular weight is 469 g/mol. The van der Waals surface area contributed by atoms with Gasteiger partial charge in [-0.1, -0.05) is 13.8 Å². The molecule has 2 bridgehead atoms. The van der Waals surface area contributed by atoms with Crippen molar-refractivity contribution in [1.82, 2.24) is 14.5 Å². The minimum atomic E-state index is -3.57. The van der Waals surface area contributed by atoms with Crippen molar-refractivity contribution in [2.24, 2.45) is 16.7 Å². The van der Waals surface area contributed by atoms with Gasteiger partial charge in [-0.25, -0.2) is 17.1 Å². The summed E-state index contributed by atoms with van der Waals surface area (Å²) in [5.41, 5.74) is -1.05. The molecule has 1 N–H and O–H groups in total. The van der Waals surface area contributed by atoms with Gasteiger partial charge >= 0.3 is 0 Å². The van der Waals surface area contributed by atoms with Crippen molar-refractivity contribution in [3.8, 4) is 6.07 Å². The van der Waals surface area contributed by atoms with E-state index in [0.29, 0.717) is 38.8 Å². The zero-order valence-electron chi connectivity index (χ0n) is 18.8. The van der Waals surface area contributed by atoms with Gasteiger partial charge in [0.2, 0.25) is 15.9 Å². The number of piperidine rings is 1. The van der Waals surface area contributed by atoms with Crippen LogP contribution < -0.4 is 5.32 Å². The highest BCUT2D eigenvalue weighted by Crippen LogP contribution is 2.64. The minimum Gasteiger partial charge on any atom is -0.323 e. The molecule has 2 saturated carbocycles. The number of halogens is 1. The number of hydrogen-bond donors (Lipinski definition) is 1. The predicted molar refractivity (Wildman–Crippen MR) is 116 cm³/mol. The number of hydrogen-bond acceptors (Lipinski definition) is 6. The lowest BCUT2D eigenvalue weighted by molar-refractivity contribution is -0.130. The van der Waals surface area contributed by atoms with Crippen LogP contribution in [0.25, 0.3) is 0 Å². The number of carbonyl (C=O) groups is 2. The molecule has 2 aliphatic heterocycles. The van der Waals surface area contributed by atoms with Crippen molar-refractivity contribution in [2.45, 2.75) is 70.6 Å². The van der Waals surface area contributed by atoms with Gasteiger partial charge < -0.3 is 10.2 Å². The predicted octanol–water partition coefficient (Wildman–Crippen LogP) is 1.23. The van der Waals surface area contributed by atoms with E-state index in [-0.39, 0.29) is 54.3 Å². The average Bonchev–Trinajstić information content (AvgIpc) is 3.30. The summed E-state index contributed by atoms with van der Waals surface area (Å²) in [6.07, 6.45) is 2.09. The Labute approximate surface area is 189 Å². The Kier molecular flexibility index (Phi) is 6.14. The van der Waals surface area contributed by atoms with E-state index >= 15 is 0 Å². The molecule has 2 heterocycles. The molecular weight excluding hydrogens is 435 g/mol. The van der Waals surface area contributed by atoms with E-state index in [9.17, 15) is 22.4 Å². The fourth-order valence-electron chi connectivity index (χ4n) is 6.36. The number of ketones is 1. The molecule has 2 aliphatic carbocycles. The van der Waals surface area contributed by atoms with Gasteiger partial charge in [-0.3, -0.25) is 9.59 Å². The Morgan fingerprint density at radius 2 is 1.97 bits per heavy atom. The lowest BCUT2D eigenvalue weighted by atomic mass is 9.70. The van der Waals surface area contributed by atoms with Crippen LogP contribution in [-0.2, 0) is 19.6 Å². The van der Waals surface area contributed by atoms with Gasteiger partial charge in [0.1, 0.15) is 18.0 Å². The van der Waals surface area contributed by atoms with Gasteiger partial charge in [0.15, 0.2) is 0 Å². The molecule has 0 spiro atoms. The number of nitrogens with zero attached hydrogens (tertiary/aromatic N) is 3. The Morgan fingerprint density at radius 3 is 2.53 bits per heavy atom. The number of nitriles is 1. The van der Waals surface area contributed by atoms with Crippen molar-refractivity contribution in [3.63, 3.8) is 0 Å². The van der Waals surface area contributed by atoms with Crippen molar-refractivity contribution in [1.29, 1.82) is 5.26 Å². The molecular formula is C22H33FN4O4S. The number of likely N-dealkylation sites (tertiary alicyclic amines) is 1. The number of alkyl halides is 1. The number of fused-ring (bicyclic) bond motifs is 2. The molecule has 0 radical (unpaired) electrons. The Bertz CT molecular complexity index is 925. The van der Waals surface area contributed by atoms with E-state index in [1.807, 2.05) is 19.9 Å². The highest BCUT2D eigenvalue weighted by atomic mass is 32.2. The molecule has 0 aromatic heterocycles. The fourth-order valence-corrected chi connectivity index (χ4v) is 8.61. The van der Waals surface area contributed by atoms with Crippen molar-refractivity contribution < 1.29 is 22.4 Å². The lowest BCUT2D eigenvalue weighted by Gasteiger charge is -2.39. The standard InChI is InChI=1S/C22H33FN4O4S/c1-21(2)15-3-6-22(21,19(28)9-15)14-32(30,31)26-7-4-17(5-8-26)25-12-20(29)27-13-16(23)10-18(27)11-24/h15-18,25H,3-10,12-14H2,1-2H3. The van der Waals surface area contributed by atoms with Crippen LogP contribution >= 0.6 is 0 Å². The zero-order chi connectivity index (χ0) is 23.3. The Morgan fingerprint density at radius 1 is 1.28 bits per heavy atom. The Hall–Kier alpha value is -1.57.